The van der Waals surface area contributed by atoms with Crippen molar-refractivity contribution < 1.29 is 4.79 Å². The number of nitrogens with two attached hydrogens (primary N) is 1. The molecule has 3 nitrogen and oxygen atoms in total. The van der Waals surface area contributed by atoms with Crippen LogP contribution in [0, 0.1) is 0 Å². The molecule has 1 saturated heterocycles. The molecule has 2 rings (SSSR count). The van der Waals surface area contributed by atoms with Crippen LogP contribution in [0.25, 0.3) is 0 Å². The van der Waals surface area contributed by atoms with E-state index in [-0.39, 0.29) is 5.91 Å². The third-order valence-corrected chi connectivity index (χ3v) is 3.08. The monoisotopic (exact) mass is 218 g/mol. The fourth-order valence-corrected chi connectivity index (χ4v) is 2.14. The van der Waals surface area contributed by atoms with Gasteiger partial charge in [-0.15, -0.1) is 0 Å². The standard InChI is InChI=1S/C13H18N2O/c14-12-8-4-3-7-11(12)13(16)15-9-5-1-2-6-10-15/h3-4,7-8H,1-2,5-6,9-10,14H2. The van der Waals surface area contributed by atoms with Crippen molar-refractivity contribution >= 4 is 11.6 Å². The van der Waals surface area contributed by atoms with Crippen LogP contribution in [0.3, 0.4) is 0 Å². The van der Waals surface area contributed by atoms with Crippen molar-refractivity contribution in [3.05, 3.63) is 29.8 Å². The molecule has 0 saturated carbocycles. The second-order valence-corrected chi connectivity index (χ2v) is 4.29. The van der Waals surface area contributed by atoms with E-state index in [1.165, 1.54) is 12.8 Å². The van der Waals surface area contributed by atoms with E-state index in [0.717, 1.165) is 25.9 Å². The van der Waals surface area contributed by atoms with Gasteiger partial charge < -0.3 is 10.6 Å². The molecule has 86 valence electrons. The minimum atomic E-state index is 0.0833. The summed E-state index contributed by atoms with van der Waals surface area (Å²) in [6, 6.07) is 7.31. The molecule has 0 spiro atoms. The summed E-state index contributed by atoms with van der Waals surface area (Å²) >= 11 is 0. The van der Waals surface area contributed by atoms with Gasteiger partial charge in [-0.2, -0.15) is 0 Å². The van der Waals surface area contributed by atoms with Crippen molar-refractivity contribution in [3.63, 3.8) is 0 Å². The first kappa shape index (κ1) is 11.0. The number of likely N-dealkylation sites (tertiary alicyclic amines) is 1. The Balaban J connectivity index is 2.14. The molecule has 1 fully saturated rings. The maximum Gasteiger partial charge on any atom is 0.255 e. The van der Waals surface area contributed by atoms with Gasteiger partial charge in [0.15, 0.2) is 0 Å². The van der Waals surface area contributed by atoms with Crippen molar-refractivity contribution in [2.45, 2.75) is 25.7 Å². The molecular formula is C13H18N2O. The number of nitrogen functional groups attached to an aromatic ring is 1. The largest absolute Gasteiger partial charge is 0.398 e. The molecule has 1 aliphatic heterocycles. The van der Waals surface area contributed by atoms with E-state index in [9.17, 15) is 4.79 Å². The van der Waals surface area contributed by atoms with Gasteiger partial charge in [-0.3, -0.25) is 4.79 Å². The summed E-state index contributed by atoms with van der Waals surface area (Å²) in [6.07, 6.45) is 4.68. The van der Waals surface area contributed by atoms with Gasteiger partial charge in [0.25, 0.3) is 5.91 Å². The smallest absolute Gasteiger partial charge is 0.255 e. The lowest BCUT2D eigenvalue weighted by Crippen LogP contribution is -2.32. The minimum Gasteiger partial charge on any atom is -0.398 e. The Labute approximate surface area is 96.2 Å². The molecule has 1 aliphatic rings. The lowest BCUT2D eigenvalue weighted by atomic mass is 10.1. The average Bonchev–Trinajstić information content (AvgIpc) is 2.57. The molecule has 0 unspecified atom stereocenters. The van der Waals surface area contributed by atoms with Gasteiger partial charge >= 0.3 is 0 Å². The van der Waals surface area contributed by atoms with Crippen LogP contribution in [-0.4, -0.2) is 23.9 Å². The molecule has 1 aromatic rings. The van der Waals surface area contributed by atoms with Crippen LogP contribution >= 0.6 is 0 Å². The van der Waals surface area contributed by atoms with Crippen molar-refractivity contribution in [2.24, 2.45) is 0 Å². The number of carbonyl (C=O) groups excluding carboxylic acids is 1. The molecule has 2 N–H and O–H groups in total. The van der Waals surface area contributed by atoms with Gasteiger partial charge in [0.1, 0.15) is 0 Å². The first-order valence-corrected chi connectivity index (χ1v) is 5.93. The van der Waals surface area contributed by atoms with E-state index in [1.54, 1.807) is 6.07 Å². The molecule has 3 heteroatoms. The molecule has 0 radical (unpaired) electrons. The van der Waals surface area contributed by atoms with Gasteiger partial charge in [-0.25, -0.2) is 0 Å². The Hall–Kier alpha value is -1.51. The predicted molar refractivity (Wildman–Crippen MR) is 65.2 cm³/mol. The quantitative estimate of drug-likeness (QED) is 0.735. The Morgan fingerprint density at radius 2 is 1.69 bits per heavy atom. The van der Waals surface area contributed by atoms with E-state index < -0.39 is 0 Å². The second kappa shape index (κ2) is 5.01. The number of hydrogen-bond donors (Lipinski definition) is 1. The summed E-state index contributed by atoms with van der Waals surface area (Å²) in [5.41, 5.74) is 7.04. The van der Waals surface area contributed by atoms with Crippen LogP contribution in [0.15, 0.2) is 24.3 Å². The lowest BCUT2D eigenvalue weighted by molar-refractivity contribution is 0.0762. The first-order chi connectivity index (χ1) is 7.79. The van der Waals surface area contributed by atoms with Crippen molar-refractivity contribution in [1.82, 2.24) is 4.90 Å². The predicted octanol–water partition coefficient (Wildman–Crippen LogP) is 2.29. The van der Waals surface area contributed by atoms with Crippen molar-refractivity contribution in [3.8, 4) is 0 Å². The highest BCUT2D eigenvalue weighted by Crippen LogP contribution is 2.17. The van der Waals surface area contributed by atoms with Crippen LogP contribution in [0.4, 0.5) is 5.69 Å². The molecule has 16 heavy (non-hydrogen) atoms. The number of carbonyl (C=O) groups is 1. The summed E-state index contributed by atoms with van der Waals surface area (Å²) in [7, 11) is 0. The highest BCUT2D eigenvalue weighted by Gasteiger charge is 2.18. The van der Waals surface area contributed by atoms with Gasteiger partial charge in [0.2, 0.25) is 0 Å². The average molecular weight is 218 g/mol. The summed E-state index contributed by atoms with van der Waals surface area (Å²) in [5.74, 6) is 0.0833. The summed E-state index contributed by atoms with van der Waals surface area (Å²) in [4.78, 5) is 14.1. The molecule has 1 aromatic carbocycles. The van der Waals surface area contributed by atoms with E-state index >= 15 is 0 Å². The zero-order chi connectivity index (χ0) is 11.4. The van der Waals surface area contributed by atoms with Gasteiger partial charge in [-0.1, -0.05) is 25.0 Å². The van der Waals surface area contributed by atoms with E-state index in [0.29, 0.717) is 11.3 Å². The Kier molecular flexibility index (Phi) is 3.44. The fourth-order valence-electron chi connectivity index (χ4n) is 2.14. The lowest BCUT2D eigenvalue weighted by Gasteiger charge is -2.20. The molecule has 1 amide bonds. The summed E-state index contributed by atoms with van der Waals surface area (Å²) < 4.78 is 0. The third-order valence-electron chi connectivity index (χ3n) is 3.08. The zero-order valence-electron chi connectivity index (χ0n) is 9.48. The van der Waals surface area contributed by atoms with Gasteiger partial charge in [-0.05, 0) is 25.0 Å². The molecule has 0 aliphatic carbocycles. The van der Waals surface area contributed by atoms with E-state index in [2.05, 4.69) is 0 Å². The minimum absolute atomic E-state index is 0.0833. The summed E-state index contributed by atoms with van der Waals surface area (Å²) in [5, 5.41) is 0. The Morgan fingerprint density at radius 1 is 1.06 bits per heavy atom. The molecule has 1 heterocycles. The second-order valence-electron chi connectivity index (χ2n) is 4.29. The maximum absolute atomic E-state index is 12.2. The van der Waals surface area contributed by atoms with Gasteiger partial charge in [0.05, 0.1) is 5.56 Å². The first-order valence-electron chi connectivity index (χ1n) is 5.93. The highest BCUT2D eigenvalue weighted by atomic mass is 16.2. The Bertz CT molecular complexity index is 368. The van der Waals surface area contributed by atoms with Crippen molar-refractivity contribution in [1.29, 1.82) is 0 Å². The zero-order valence-corrected chi connectivity index (χ0v) is 9.48. The number of hydrogen-bond acceptors (Lipinski definition) is 2. The topological polar surface area (TPSA) is 46.3 Å². The number of nitrogens with zero attached hydrogens (tertiary/aromatic N) is 1. The fraction of sp³-hybridized carbons (Fsp3) is 0.462. The highest BCUT2D eigenvalue weighted by molar-refractivity contribution is 5.99. The van der Waals surface area contributed by atoms with Crippen LogP contribution in [0.2, 0.25) is 0 Å². The summed E-state index contributed by atoms with van der Waals surface area (Å²) in [6.45, 7) is 1.74. The van der Waals surface area contributed by atoms with Crippen molar-refractivity contribution in [2.75, 3.05) is 18.8 Å². The molecular weight excluding hydrogens is 200 g/mol. The third kappa shape index (κ3) is 2.35. The van der Waals surface area contributed by atoms with E-state index in [1.807, 2.05) is 23.1 Å². The number of amides is 1. The van der Waals surface area contributed by atoms with Crippen LogP contribution in [-0.2, 0) is 0 Å². The molecule has 0 aromatic heterocycles. The number of para-hydroxylation sites is 1. The molecule has 0 bridgehead atoms. The molecule has 0 atom stereocenters. The van der Waals surface area contributed by atoms with Crippen LogP contribution in [0.1, 0.15) is 36.0 Å². The Morgan fingerprint density at radius 3 is 2.31 bits per heavy atom. The SMILES string of the molecule is Nc1ccccc1C(=O)N1CCCCCC1. The number of benzene rings is 1. The number of rotatable bonds is 1. The van der Waals surface area contributed by atoms with E-state index in [4.69, 9.17) is 5.73 Å². The normalized spacial score (nSPS) is 16.9. The number of anilines is 1. The van der Waals surface area contributed by atoms with Crippen LogP contribution in [0.5, 0.6) is 0 Å². The van der Waals surface area contributed by atoms with Gasteiger partial charge in [0, 0.05) is 18.8 Å². The van der Waals surface area contributed by atoms with Crippen LogP contribution < -0.4 is 5.73 Å². The maximum atomic E-state index is 12.2.